The van der Waals surface area contributed by atoms with Crippen molar-refractivity contribution in [2.24, 2.45) is 0 Å². The molecule has 3 aromatic rings. The van der Waals surface area contributed by atoms with E-state index in [-0.39, 0.29) is 24.2 Å². The molecule has 5 rings (SSSR count). The Labute approximate surface area is 193 Å². The van der Waals surface area contributed by atoms with Crippen molar-refractivity contribution in [3.05, 3.63) is 29.5 Å². The minimum Gasteiger partial charge on any atom is -0.318 e. The molecule has 33 heavy (non-hydrogen) atoms. The smallest absolute Gasteiger partial charge is 0.318 e. The highest BCUT2D eigenvalue weighted by molar-refractivity contribution is 7.14. The Morgan fingerprint density at radius 2 is 1.91 bits per heavy atom. The third-order valence-electron chi connectivity index (χ3n) is 6.39. The molecule has 2 fully saturated rings. The first kappa shape index (κ1) is 22.0. The fourth-order valence-corrected chi connectivity index (χ4v) is 5.58. The molecule has 2 aliphatic rings. The highest BCUT2D eigenvalue weighted by Gasteiger charge is 2.43. The Bertz CT molecular complexity index is 1140. The number of aromatic nitrogens is 4. The summed E-state index contributed by atoms with van der Waals surface area (Å²) in [7, 11) is 0. The molecule has 0 aromatic carbocycles. The Morgan fingerprint density at radius 1 is 1.15 bits per heavy atom. The normalized spacial score (nSPS) is 22.3. The van der Waals surface area contributed by atoms with E-state index in [1.807, 2.05) is 17.9 Å². The van der Waals surface area contributed by atoms with Crippen LogP contribution in [0.5, 0.6) is 0 Å². The van der Waals surface area contributed by atoms with Crippen molar-refractivity contribution in [1.82, 2.24) is 30.4 Å². The van der Waals surface area contributed by atoms with Gasteiger partial charge in [-0.05, 0) is 44.7 Å². The lowest BCUT2D eigenvalue weighted by atomic mass is 9.97. The van der Waals surface area contributed by atoms with Crippen LogP contribution in [0, 0.1) is 6.92 Å². The zero-order chi connectivity index (χ0) is 22.9. The average molecular weight is 474 g/mol. The van der Waals surface area contributed by atoms with Gasteiger partial charge < -0.3 is 10.2 Å². The van der Waals surface area contributed by atoms with E-state index in [0.29, 0.717) is 18.7 Å². The molecule has 2 unspecified atom stereocenters. The maximum absolute atomic E-state index is 13.1. The third-order valence-corrected chi connectivity index (χ3v) is 7.27. The van der Waals surface area contributed by atoms with Crippen LogP contribution in [0.15, 0.2) is 24.5 Å². The number of nitrogens with zero attached hydrogens (tertiary/aromatic N) is 5. The Hall–Kier alpha value is -2.79. The minimum atomic E-state index is -0.765. The zero-order valence-corrected chi connectivity index (χ0v) is 19.0. The van der Waals surface area contributed by atoms with E-state index < -0.39 is 19.4 Å². The molecule has 5 heterocycles. The number of hydrogen-bond donors (Lipinski definition) is 2. The second-order valence-electron chi connectivity index (χ2n) is 8.68. The molecular weight excluding hydrogens is 448 g/mol. The van der Waals surface area contributed by atoms with Gasteiger partial charge in [-0.3, -0.25) is 10.3 Å². The molecule has 0 saturated carbocycles. The number of piperidine rings is 1. The highest BCUT2D eigenvalue weighted by Crippen LogP contribution is 2.36. The summed E-state index contributed by atoms with van der Waals surface area (Å²) in [6, 6.07) is 2.94. The fraction of sp³-hybridized carbons (Fsp3) is 0.500. The molecule has 8 nitrogen and oxygen atoms in total. The van der Waals surface area contributed by atoms with Crippen LogP contribution in [0.2, 0.25) is 0 Å². The number of pyridine rings is 2. The molecule has 2 N–H and O–H groups in total. The standard InChI is InChI=1S/C22H25F2N7OS/c1-12-29-30-21(33-12)14-4-13-5-20(26-11-19(13)25-10-14)28-22(32)31-17-2-3-18(31)7-15(6-17)27-16(8-23)9-24/h4-5,10-11,15-18,27H,2-3,6-9H2,1H3,(H,26,28,32)/t15?,17-,18?/m0/s1. The second kappa shape index (κ2) is 9.22. The molecule has 11 heteroatoms. The lowest BCUT2D eigenvalue weighted by Gasteiger charge is -2.39. The molecule has 2 saturated heterocycles. The molecule has 0 spiro atoms. The van der Waals surface area contributed by atoms with E-state index in [9.17, 15) is 13.6 Å². The molecule has 0 radical (unpaired) electrons. The number of carbonyl (C=O) groups excluding carboxylic acids is 1. The first-order chi connectivity index (χ1) is 16.0. The van der Waals surface area contributed by atoms with Gasteiger partial charge in [-0.15, -0.1) is 10.2 Å². The summed E-state index contributed by atoms with van der Waals surface area (Å²) in [4.78, 5) is 23.8. The fourth-order valence-electron chi connectivity index (χ4n) is 4.91. The SMILES string of the molecule is Cc1nnc(-c2cnc3cnc(NC(=O)N4C5CC[C@H]4CC(NC(CF)CF)C5)cc3c2)s1. The van der Waals surface area contributed by atoms with E-state index in [4.69, 9.17) is 0 Å². The van der Waals surface area contributed by atoms with Crippen molar-refractivity contribution in [1.29, 1.82) is 0 Å². The quantitative estimate of drug-likeness (QED) is 0.564. The highest BCUT2D eigenvalue weighted by atomic mass is 32.1. The zero-order valence-electron chi connectivity index (χ0n) is 18.2. The van der Waals surface area contributed by atoms with Crippen LogP contribution in [0.1, 0.15) is 30.7 Å². The number of carbonyl (C=O) groups is 1. The van der Waals surface area contributed by atoms with Gasteiger partial charge in [-0.25, -0.2) is 18.6 Å². The Morgan fingerprint density at radius 3 is 2.58 bits per heavy atom. The maximum Gasteiger partial charge on any atom is 0.323 e. The largest absolute Gasteiger partial charge is 0.323 e. The molecule has 2 aliphatic heterocycles. The van der Waals surface area contributed by atoms with E-state index >= 15 is 0 Å². The summed E-state index contributed by atoms with van der Waals surface area (Å²) in [5.74, 6) is 0.453. The van der Waals surface area contributed by atoms with Crippen LogP contribution in [-0.2, 0) is 0 Å². The number of halogens is 2. The van der Waals surface area contributed by atoms with E-state index in [1.54, 1.807) is 18.5 Å². The number of hydrogen-bond acceptors (Lipinski definition) is 7. The van der Waals surface area contributed by atoms with Crippen LogP contribution in [0.25, 0.3) is 21.5 Å². The van der Waals surface area contributed by atoms with Gasteiger partial charge in [-0.1, -0.05) is 11.3 Å². The van der Waals surface area contributed by atoms with Crippen molar-refractivity contribution in [2.75, 3.05) is 18.7 Å². The number of fused-ring (bicyclic) bond motifs is 3. The molecule has 3 atom stereocenters. The van der Waals surface area contributed by atoms with Gasteiger partial charge in [0.1, 0.15) is 29.2 Å². The Balaban J connectivity index is 1.29. The van der Waals surface area contributed by atoms with E-state index in [0.717, 1.165) is 39.3 Å². The summed E-state index contributed by atoms with van der Waals surface area (Å²) in [5, 5.41) is 16.7. The number of amides is 2. The summed E-state index contributed by atoms with van der Waals surface area (Å²) >= 11 is 1.50. The van der Waals surface area contributed by atoms with Gasteiger partial charge in [0.25, 0.3) is 0 Å². The minimum absolute atomic E-state index is 0.0235. The van der Waals surface area contributed by atoms with Gasteiger partial charge >= 0.3 is 6.03 Å². The van der Waals surface area contributed by atoms with Gasteiger partial charge in [-0.2, -0.15) is 0 Å². The van der Waals surface area contributed by atoms with Crippen molar-refractivity contribution in [3.8, 4) is 10.6 Å². The molecule has 2 amide bonds. The lowest BCUT2D eigenvalue weighted by molar-refractivity contribution is 0.133. The van der Waals surface area contributed by atoms with Crippen LogP contribution < -0.4 is 10.6 Å². The van der Waals surface area contributed by atoms with Crippen molar-refractivity contribution in [2.45, 2.75) is 56.8 Å². The summed E-state index contributed by atoms with van der Waals surface area (Å²) < 4.78 is 25.8. The van der Waals surface area contributed by atoms with E-state index in [1.165, 1.54) is 11.3 Å². The maximum atomic E-state index is 13.1. The number of alkyl halides is 2. The lowest BCUT2D eigenvalue weighted by Crippen LogP contribution is -2.54. The van der Waals surface area contributed by atoms with Crippen molar-refractivity contribution in [3.63, 3.8) is 0 Å². The first-order valence-electron chi connectivity index (χ1n) is 11.1. The van der Waals surface area contributed by atoms with Gasteiger partial charge in [0.2, 0.25) is 0 Å². The van der Waals surface area contributed by atoms with Gasteiger partial charge in [0.05, 0.1) is 17.8 Å². The average Bonchev–Trinajstić information content (AvgIpc) is 3.37. The number of anilines is 1. The van der Waals surface area contributed by atoms with Crippen molar-refractivity contribution >= 4 is 34.1 Å². The number of rotatable bonds is 6. The molecular formula is C22H25F2N7OS. The monoisotopic (exact) mass is 473 g/mol. The third kappa shape index (κ3) is 4.51. The molecule has 2 bridgehead atoms. The summed E-state index contributed by atoms with van der Waals surface area (Å²) in [6.07, 6.45) is 6.56. The number of nitrogens with one attached hydrogen (secondary N) is 2. The number of urea groups is 1. The summed E-state index contributed by atoms with van der Waals surface area (Å²) in [5.41, 5.74) is 1.59. The molecule has 0 aliphatic carbocycles. The van der Waals surface area contributed by atoms with Crippen LogP contribution >= 0.6 is 11.3 Å². The predicted octanol–water partition coefficient (Wildman–Crippen LogP) is 3.88. The Kier molecular flexibility index (Phi) is 6.15. The first-order valence-corrected chi connectivity index (χ1v) is 11.9. The second-order valence-corrected chi connectivity index (χ2v) is 9.86. The topological polar surface area (TPSA) is 95.9 Å². The van der Waals surface area contributed by atoms with Crippen LogP contribution in [-0.4, -0.2) is 68.6 Å². The van der Waals surface area contributed by atoms with Crippen LogP contribution in [0.3, 0.4) is 0 Å². The van der Waals surface area contributed by atoms with Crippen molar-refractivity contribution < 1.29 is 13.6 Å². The van der Waals surface area contributed by atoms with E-state index in [2.05, 4.69) is 30.8 Å². The number of aryl methyl sites for hydroxylation is 1. The summed E-state index contributed by atoms with van der Waals surface area (Å²) in [6.45, 7) is 0.449. The molecule has 3 aromatic heterocycles. The molecule has 174 valence electrons. The predicted molar refractivity (Wildman–Crippen MR) is 123 cm³/mol. The van der Waals surface area contributed by atoms with Gasteiger partial charge in [0, 0.05) is 35.3 Å². The van der Waals surface area contributed by atoms with Gasteiger partial charge in [0.15, 0.2) is 0 Å². The van der Waals surface area contributed by atoms with Crippen LogP contribution in [0.4, 0.5) is 19.4 Å².